The Labute approximate surface area is 224 Å². The molecule has 0 N–H and O–H groups in total. The molecule has 0 fully saturated rings. The third-order valence-electron chi connectivity index (χ3n) is 7.27. The van der Waals surface area contributed by atoms with Gasteiger partial charge in [0.2, 0.25) is 0 Å². The highest BCUT2D eigenvalue weighted by Crippen LogP contribution is 2.47. The van der Waals surface area contributed by atoms with Crippen LogP contribution in [0.5, 0.6) is 0 Å². The average Bonchev–Trinajstić information content (AvgIpc) is 3.59. The maximum absolute atomic E-state index is 2.48. The van der Waals surface area contributed by atoms with Gasteiger partial charge in [0.1, 0.15) is 0 Å². The van der Waals surface area contributed by atoms with E-state index in [2.05, 4.69) is 57.2 Å². The molecule has 0 atom stereocenters. The number of thiophene rings is 4. The molecule has 0 radical (unpaired) electrons. The highest BCUT2D eigenvalue weighted by molar-refractivity contribution is 7.37. The van der Waals surface area contributed by atoms with Crippen molar-refractivity contribution in [2.24, 2.45) is 0 Å². The van der Waals surface area contributed by atoms with Gasteiger partial charge in [-0.3, -0.25) is 0 Å². The Balaban J connectivity index is 1.24. The molecular formula is C31H34S4. The molecule has 6 aromatic rings. The van der Waals surface area contributed by atoms with Crippen LogP contribution in [0.1, 0.15) is 87.8 Å². The van der Waals surface area contributed by atoms with Crippen LogP contribution in [0.3, 0.4) is 0 Å². The third kappa shape index (κ3) is 4.68. The van der Waals surface area contributed by atoms with Crippen LogP contribution < -0.4 is 0 Å². The van der Waals surface area contributed by atoms with Crippen LogP contribution in [0.25, 0.3) is 49.7 Å². The number of hydrogen-bond donors (Lipinski definition) is 0. The summed E-state index contributed by atoms with van der Waals surface area (Å²) in [6.45, 7) is 6.89. The second kappa shape index (κ2) is 10.1. The van der Waals surface area contributed by atoms with Crippen molar-refractivity contribution >= 4 is 95.1 Å². The van der Waals surface area contributed by atoms with Crippen LogP contribution in [0.15, 0.2) is 36.4 Å². The Kier molecular flexibility index (Phi) is 6.92. The lowest BCUT2D eigenvalue weighted by molar-refractivity contribution is 0.576. The van der Waals surface area contributed by atoms with Crippen LogP contribution in [0.2, 0.25) is 0 Å². The molecule has 6 rings (SSSR count). The zero-order chi connectivity index (χ0) is 23.9. The summed E-state index contributed by atoms with van der Waals surface area (Å²) in [4.78, 5) is 3.06. The summed E-state index contributed by atoms with van der Waals surface area (Å²) in [6.07, 6.45) is 12.4. The molecule has 35 heavy (non-hydrogen) atoms. The normalized spacial score (nSPS) is 12.6. The molecule has 0 saturated carbocycles. The predicted octanol–water partition coefficient (Wildman–Crippen LogP) is 12.5. The molecular weight excluding hydrogens is 501 g/mol. The van der Waals surface area contributed by atoms with Crippen molar-refractivity contribution in [2.45, 2.75) is 84.5 Å². The first kappa shape index (κ1) is 23.9. The smallest absolute Gasteiger partial charge is 0.0542 e. The fourth-order valence-electron chi connectivity index (χ4n) is 5.24. The largest absolute Gasteiger partial charge is 0.140 e. The Morgan fingerprint density at radius 2 is 1.14 bits per heavy atom. The number of unbranched alkanes of at least 4 members (excludes halogenated alkanes) is 7. The molecule has 0 aliphatic carbocycles. The van der Waals surface area contributed by atoms with Crippen molar-refractivity contribution in [3.63, 3.8) is 0 Å². The van der Waals surface area contributed by atoms with Crippen LogP contribution in [0, 0.1) is 0 Å². The van der Waals surface area contributed by atoms with Crippen molar-refractivity contribution in [3.05, 3.63) is 46.2 Å². The van der Waals surface area contributed by atoms with Gasteiger partial charge in [-0.05, 0) is 65.9 Å². The fourth-order valence-corrected chi connectivity index (χ4v) is 10.3. The molecule has 0 aliphatic rings. The van der Waals surface area contributed by atoms with Gasteiger partial charge in [-0.15, -0.1) is 45.3 Å². The number of fused-ring (bicyclic) bond motifs is 7. The van der Waals surface area contributed by atoms with E-state index in [9.17, 15) is 0 Å². The van der Waals surface area contributed by atoms with E-state index < -0.39 is 0 Å². The second-order valence-electron chi connectivity index (χ2n) is 10.4. The first-order valence-electron chi connectivity index (χ1n) is 13.4. The van der Waals surface area contributed by atoms with Gasteiger partial charge in [0.15, 0.2) is 0 Å². The molecule has 4 heteroatoms. The minimum absolute atomic E-state index is 0.600. The number of rotatable bonds is 10. The highest BCUT2D eigenvalue weighted by Gasteiger charge is 2.16. The van der Waals surface area contributed by atoms with Gasteiger partial charge in [-0.1, -0.05) is 65.7 Å². The zero-order valence-electron chi connectivity index (χ0n) is 21.0. The first-order chi connectivity index (χ1) is 17.1. The second-order valence-corrected chi connectivity index (χ2v) is 14.8. The summed E-state index contributed by atoms with van der Waals surface area (Å²) in [5.74, 6) is 0.600. The first-order valence-corrected chi connectivity index (χ1v) is 16.6. The molecule has 0 aliphatic heterocycles. The standard InChI is InChI=1S/C31H34S4/c1-4-5-6-7-8-9-10-11-12-22-13-20-14-23-28(17-26(20)32-22)34-31-24-15-21-16-25(19(2)3)33-27(21)18-29(24)35-30(23)31/h13-19H,4-12H2,1-3H3. The van der Waals surface area contributed by atoms with E-state index >= 15 is 0 Å². The highest BCUT2D eigenvalue weighted by atomic mass is 32.1. The lowest BCUT2D eigenvalue weighted by Crippen LogP contribution is -1.83. The predicted molar refractivity (Wildman–Crippen MR) is 166 cm³/mol. The minimum Gasteiger partial charge on any atom is -0.140 e. The van der Waals surface area contributed by atoms with Crippen LogP contribution >= 0.6 is 45.3 Å². The Morgan fingerprint density at radius 3 is 1.77 bits per heavy atom. The van der Waals surface area contributed by atoms with Crippen molar-refractivity contribution in [1.29, 1.82) is 0 Å². The quantitative estimate of drug-likeness (QED) is 0.153. The number of hydrogen-bond acceptors (Lipinski definition) is 4. The maximum atomic E-state index is 2.48. The zero-order valence-corrected chi connectivity index (χ0v) is 24.3. The molecule has 4 heterocycles. The van der Waals surface area contributed by atoms with Crippen molar-refractivity contribution < 1.29 is 0 Å². The van der Waals surface area contributed by atoms with E-state index in [4.69, 9.17) is 0 Å². The van der Waals surface area contributed by atoms with E-state index in [-0.39, 0.29) is 0 Å². The minimum atomic E-state index is 0.600. The van der Waals surface area contributed by atoms with Gasteiger partial charge >= 0.3 is 0 Å². The van der Waals surface area contributed by atoms with E-state index in [0.717, 1.165) is 0 Å². The summed E-state index contributed by atoms with van der Waals surface area (Å²) in [5.41, 5.74) is 0. The maximum Gasteiger partial charge on any atom is 0.0542 e. The van der Waals surface area contributed by atoms with Crippen molar-refractivity contribution in [2.75, 3.05) is 0 Å². The summed E-state index contributed by atoms with van der Waals surface area (Å²) in [7, 11) is 0. The SMILES string of the molecule is CCCCCCCCCCc1cc2cc3c(cc2s1)sc1c2cc4cc(C(C)C)sc4cc2sc31. The molecule has 4 aromatic heterocycles. The monoisotopic (exact) mass is 534 g/mol. The lowest BCUT2D eigenvalue weighted by atomic mass is 10.1. The Hall–Kier alpha value is -1.46. The summed E-state index contributed by atoms with van der Waals surface area (Å²) in [6, 6.07) is 14.7. The third-order valence-corrected chi connectivity index (χ3v) is 12.3. The van der Waals surface area contributed by atoms with E-state index in [0.29, 0.717) is 5.92 Å². The van der Waals surface area contributed by atoms with Crippen LogP contribution in [0.4, 0.5) is 0 Å². The molecule has 0 unspecified atom stereocenters. The van der Waals surface area contributed by atoms with Crippen LogP contribution in [-0.4, -0.2) is 0 Å². The lowest BCUT2D eigenvalue weighted by Gasteiger charge is -2.00. The van der Waals surface area contributed by atoms with E-state index in [1.54, 1.807) is 4.88 Å². The van der Waals surface area contributed by atoms with E-state index in [1.807, 2.05) is 45.3 Å². The van der Waals surface area contributed by atoms with Gasteiger partial charge in [0, 0.05) is 39.3 Å². The molecule has 2 aromatic carbocycles. The van der Waals surface area contributed by atoms with Crippen LogP contribution in [-0.2, 0) is 6.42 Å². The Bertz CT molecular complexity index is 1620. The average molecular weight is 535 g/mol. The molecule has 0 amide bonds. The number of benzene rings is 2. The fraction of sp³-hybridized carbons (Fsp3) is 0.419. The topological polar surface area (TPSA) is 0 Å². The summed E-state index contributed by atoms with van der Waals surface area (Å²) < 4.78 is 8.76. The molecule has 0 nitrogen and oxygen atoms in total. The van der Waals surface area contributed by atoms with Gasteiger partial charge in [-0.2, -0.15) is 0 Å². The van der Waals surface area contributed by atoms with Crippen molar-refractivity contribution in [3.8, 4) is 0 Å². The molecule has 182 valence electrons. The van der Waals surface area contributed by atoms with Gasteiger partial charge in [0.05, 0.1) is 9.40 Å². The molecule has 0 spiro atoms. The van der Waals surface area contributed by atoms with Gasteiger partial charge in [-0.25, -0.2) is 0 Å². The molecule has 0 saturated heterocycles. The van der Waals surface area contributed by atoms with Gasteiger partial charge < -0.3 is 0 Å². The summed E-state index contributed by atoms with van der Waals surface area (Å²) in [5, 5.41) is 5.76. The van der Waals surface area contributed by atoms with E-state index in [1.165, 1.54) is 112 Å². The Morgan fingerprint density at radius 1 is 0.571 bits per heavy atom. The van der Waals surface area contributed by atoms with Crippen molar-refractivity contribution in [1.82, 2.24) is 0 Å². The number of aryl methyl sites for hydroxylation is 1. The summed E-state index contributed by atoms with van der Waals surface area (Å²) >= 11 is 7.98. The molecule has 0 bridgehead atoms. The van der Waals surface area contributed by atoms with Gasteiger partial charge in [0.25, 0.3) is 0 Å².